The monoisotopic (exact) mass is 339 g/mol. The minimum Gasteiger partial charge on any atom is -0.325 e. The third-order valence-corrected chi connectivity index (χ3v) is 5.36. The summed E-state index contributed by atoms with van der Waals surface area (Å²) in [5.74, 6) is 0.842. The van der Waals surface area contributed by atoms with Crippen molar-refractivity contribution in [2.75, 3.05) is 5.32 Å². The van der Waals surface area contributed by atoms with E-state index in [-0.39, 0.29) is 11.2 Å². The molecule has 7 heteroatoms. The standard InChI is InChI=1S/C17H17N5OS/c1-10-9-15-20-21-17(22(15)11(2)18-10)24-14-8-7-12-5-3-4-6-13(12)19-16(14)23/h3-6,9,14H,7-8H2,1-2H3,(H,19,23). The van der Waals surface area contributed by atoms with Crippen molar-refractivity contribution in [1.82, 2.24) is 19.6 Å². The van der Waals surface area contributed by atoms with Gasteiger partial charge in [-0.15, -0.1) is 10.2 Å². The van der Waals surface area contributed by atoms with Crippen LogP contribution >= 0.6 is 11.8 Å². The highest BCUT2D eigenvalue weighted by Crippen LogP contribution is 2.31. The van der Waals surface area contributed by atoms with E-state index in [4.69, 9.17) is 0 Å². The topological polar surface area (TPSA) is 72.2 Å². The lowest BCUT2D eigenvalue weighted by molar-refractivity contribution is -0.115. The summed E-state index contributed by atoms with van der Waals surface area (Å²) < 4.78 is 1.91. The third-order valence-electron chi connectivity index (χ3n) is 4.15. The van der Waals surface area contributed by atoms with E-state index < -0.39 is 0 Å². The molecule has 6 nitrogen and oxygen atoms in total. The predicted molar refractivity (Wildman–Crippen MR) is 93.3 cm³/mol. The average molecular weight is 339 g/mol. The van der Waals surface area contributed by atoms with Crippen LogP contribution in [0.4, 0.5) is 5.69 Å². The summed E-state index contributed by atoms with van der Waals surface area (Å²) >= 11 is 1.45. The van der Waals surface area contributed by atoms with Crippen LogP contribution in [0.2, 0.25) is 0 Å². The summed E-state index contributed by atoms with van der Waals surface area (Å²) in [5.41, 5.74) is 3.75. The number of anilines is 1. The molecule has 1 atom stereocenters. The van der Waals surface area contributed by atoms with Crippen LogP contribution in [0.1, 0.15) is 23.5 Å². The maximum absolute atomic E-state index is 12.6. The molecule has 0 saturated carbocycles. The molecule has 24 heavy (non-hydrogen) atoms. The number of nitrogens with zero attached hydrogens (tertiary/aromatic N) is 4. The van der Waals surface area contributed by atoms with Gasteiger partial charge in [0.2, 0.25) is 5.91 Å². The molecule has 3 heterocycles. The highest BCUT2D eigenvalue weighted by Gasteiger charge is 2.26. The number of hydrogen-bond donors (Lipinski definition) is 1. The van der Waals surface area contributed by atoms with E-state index in [0.29, 0.717) is 5.16 Å². The largest absolute Gasteiger partial charge is 0.325 e. The van der Waals surface area contributed by atoms with Gasteiger partial charge in [0.15, 0.2) is 10.8 Å². The molecule has 1 aliphatic rings. The molecule has 0 aliphatic carbocycles. The number of carbonyl (C=O) groups is 1. The quantitative estimate of drug-likeness (QED) is 0.777. The molecule has 0 fully saturated rings. The fourth-order valence-electron chi connectivity index (χ4n) is 3.01. The van der Waals surface area contributed by atoms with Crippen molar-refractivity contribution in [1.29, 1.82) is 0 Å². The molecule has 122 valence electrons. The van der Waals surface area contributed by atoms with E-state index in [1.165, 1.54) is 17.3 Å². The van der Waals surface area contributed by atoms with Gasteiger partial charge in [-0.2, -0.15) is 0 Å². The van der Waals surface area contributed by atoms with Crippen molar-refractivity contribution in [3.63, 3.8) is 0 Å². The lowest BCUT2D eigenvalue weighted by atomic mass is 10.1. The second-order valence-corrected chi connectivity index (χ2v) is 7.08. The van der Waals surface area contributed by atoms with Gasteiger partial charge in [0.05, 0.1) is 5.25 Å². The Kier molecular flexibility index (Phi) is 3.72. The Labute approximate surface area is 143 Å². The highest BCUT2D eigenvalue weighted by atomic mass is 32.2. The molecule has 1 unspecified atom stereocenters. The molecule has 0 saturated heterocycles. The van der Waals surface area contributed by atoms with Crippen LogP contribution in [0.3, 0.4) is 0 Å². The van der Waals surface area contributed by atoms with Crippen LogP contribution < -0.4 is 5.32 Å². The summed E-state index contributed by atoms with van der Waals surface area (Å²) in [4.78, 5) is 17.0. The average Bonchev–Trinajstić information content (AvgIpc) is 2.87. The van der Waals surface area contributed by atoms with Crippen LogP contribution in [0.5, 0.6) is 0 Å². The van der Waals surface area contributed by atoms with Gasteiger partial charge in [0, 0.05) is 17.4 Å². The van der Waals surface area contributed by atoms with E-state index in [9.17, 15) is 4.79 Å². The van der Waals surface area contributed by atoms with E-state index in [1.807, 2.05) is 42.5 Å². The van der Waals surface area contributed by atoms with Gasteiger partial charge >= 0.3 is 0 Å². The number of benzene rings is 1. The van der Waals surface area contributed by atoms with Crippen LogP contribution in [0.15, 0.2) is 35.5 Å². The normalized spacial score (nSPS) is 17.4. The molecule has 4 rings (SSSR count). The zero-order valence-corrected chi connectivity index (χ0v) is 14.3. The summed E-state index contributed by atoms with van der Waals surface area (Å²) in [6.07, 6.45) is 1.63. The Morgan fingerprint density at radius 3 is 2.96 bits per heavy atom. The number of rotatable bonds is 2. The van der Waals surface area contributed by atoms with Gasteiger partial charge in [-0.1, -0.05) is 30.0 Å². The molecule has 3 aromatic rings. The second-order valence-electron chi connectivity index (χ2n) is 5.91. The number of aromatic nitrogens is 4. The van der Waals surface area contributed by atoms with Gasteiger partial charge in [-0.05, 0) is 38.3 Å². The van der Waals surface area contributed by atoms with Crippen molar-refractivity contribution in [2.24, 2.45) is 0 Å². The summed E-state index contributed by atoms with van der Waals surface area (Å²) in [7, 11) is 0. The smallest absolute Gasteiger partial charge is 0.237 e. The van der Waals surface area contributed by atoms with Crippen molar-refractivity contribution in [2.45, 2.75) is 37.1 Å². The first-order chi connectivity index (χ1) is 11.6. The van der Waals surface area contributed by atoms with Crippen LogP contribution in [-0.2, 0) is 11.2 Å². The van der Waals surface area contributed by atoms with E-state index >= 15 is 0 Å². The minimum absolute atomic E-state index is 0.0134. The number of nitrogens with one attached hydrogen (secondary N) is 1. The molecule has 2 aromatic heterocycles. The van der Waals surface area contributed by atoms with Crippen molar-refractivity contribution in [3.05, 3.63) is 47.4 Å². The summed E-state index contributed by atoms with van der Waals surface area (Å²) in [5, 5.41) is 12.0. The molecule has 1 N–H and O–H groups in total. The van der Waals surface area contributed by atoms with Crippen LogP contribution in [-0.4, -0.2) is 30.7 Å². The molecule has 1 amide bonds. The Morgan fingerprint density at radius 1 is 1.25 bits per heavy atom. The lowest BCUT2D eigenvalue weighted by Gasteiger charge is -2.12. The summed E-state index contributed by atoms with van der Waals surface area (Å²) in [6, 6.07) is 9.85. The molecule has 0 spiro atoms. The predicted octanol–water partition coefficient (Wildman–Crippen LogP) is 2.79. The second kappa shape index (κ2) is 5.90. The Morgan fingerprint density at radius 2 is 2.08 bits per heavy atom. The van der Waals surface area contributed by atoms with E-state index in [2.05, 4.69) is 26.6 Å². The number of aryl methyl sites for hydroxylation is 3. The van der Waals surface area contributed by atoms with Crippen molar-refractivity contribution >= 4 is 29.0 Å². The van der Waals surface area contributed by atoms with Crippen molar-refractivity contribution < 1.29 is 4.79 Å². The number of hydrogen-bond acceptors (Lipinski definition) is 5. The molecular formula is C17H17N5OS. The lowest BCUT2D eigenvalue weighted by Crippen LogP contribution is -2.24. The van der Waals surface area contributed by atoms with Crippen molar-refractivity contribution in [3.8, 4) is 0 Å². The van der Waals surface area contributed by atoms with E-state index in [0.717, 1.165) is 35.7 Å². The number of carbonyl (C=O) groups excluding carboxylic acids is 1. The first-order valence-corrected chi connectivity index (χ1v) is 8.74. The molecule has 1 aliphatic heterocycles. The molecule has 0 bridgehead atoms. The van der Waals surface area contributed by atoms with Gasteiger partial charge in [0.25, 0.3) is 0 Å². The van der Waals surface area contributed by atoms with Gasteiger partial charge in [-0.25, -0.2) is 4.98 Å². The fourth-order valence-corrected chi connectivity index (χ4v) is 4.09. The molecular weight excluding hydrogens is 322 g/mol. The third kappa shape index (κ3) is 2.65. The Balaban J connectivity index is 1.63. The number of thioether (sulfide) groups is 1. The molecule has 0 radical (unpaired) electrons. The summed E-state index contributed by atoms with van der Waals surface area (Å²) in [6.45, 7) is 3.86. The van der Waals surface area contributed by atoms with Crippen LogP contribution in [0, 0.1) is 13.8 Å². The van der Waals surface area contributed by atoms with Crippen LogP contribution in [0.25, 0.3) is 5.65 Å². The zero-order valence-electron chi connectivity index (χ0n) is 13.5. The Hall–Kier alpha value is -2.41. The minimum atomic E-state index is -0.203. The molecule has 1 aromatic carbocycles. The number of para-hydroxylation sites is 1. The Bertz CT molecular complexity index is 936. The van der Waals surface area contributed by atoms with Gasteiger partial charge in [0.1, 0.15) is 5.82 Å². The fraction of sp³-hybridized carbons (Fsp3) is 0.294. The van der Waals surface area contributed by atoms with Gasteiger partial charge in [-0.3, -0.25) is 9.20 Å². The number of amides is 1. The number of fused-ring (bicyclic) bond motifs is 2. The highest BCUT2D eigenvalue weighted by molar-refractivity contribution is 8.00. The maximum atomic E-state index is 12.6. The zero-order chi connectivity index (χ0) is 16.7. The van der Waals surface area contributed by atoms with Gasteiger partial charge < -0.3 is 5.32 Å². The first kappa shape index (κ1) is 15.1. The van der Waals surface area contributed by atoms with E-state index in [1.54, 1.807) is 0 Å². The SMILES string of the molecule is Cc1cc2nnc(SC3CCc4ccccc4NC3=O)n2c(C)n1. The first-order valence-electron chi connectivity index (χ1n) is 7.86. The maximum Gasteiger partial charge on any atom is 0.237 e.